The van der Waals surface area contributed by atoms with E-state index in [1.54, 1.807) is 91.3 Å². The molecule has 3 aliphatic heterocycles. The van der Waals surface area contributed by atoms with Crippen molar-refractivity contribution in [2.75, 3.05) is 105 Å². The first-order valence-electron chi connectivity index (χ1n) is 33.5. The molecule has 0 spiro atoms. The number of piperazine rings is 3. The number of carboxylic acid groups (broad SMARTS) is 1. The summed E-state index contributed by atoms with van der Waals surface area (Å²) in [5, 5.41) is 20.0. The number of fused-ring (bicyclic) bond motifs is 3. The summed E-state index contributed by atoms with van der Waals surface area (Å²) < 4.78 is 49.7. The van der Waals surface area contributed by atoms with Crippen LogP contribution in [0.25, 0.3) is 66.9 Å². The van der Waals surface area contributed by atoms with Gasteiger partial charge in [-0.3, -0.25) is 0 Å². The molecule has 4 N–H and O–H groups in total. The van der Waals surface area contributed by atoms with Gasteiger partial charge in [0.25, 0.3) is 0 Å². The molecule has 3 aliphatic rings. The monoisotopic (exact) mass is 1470 g/mol. The predicted octanol–water partition coefficient (Wildman–Crippen LogP) is 9.77. The van der Waals surface area contributed by atoms with Gasteiger partial charge in [-0.1, -0.05) is 29.8 Å². The number of nitrogens with one attached hydrogen (secondary N) is 1. The predicted molar refractivity (Wildman–Crippen MR) is 400 cm³/mol. The summed E-state index contributed by atoms with van der Waals surface area (Å²) in [6.07, 6.45) is 5.43. The van der Waals surface area contributed by atoms with Gasteiger partial charge in [0.1, 0.15) is 52.0 Å². The van der Waals surface area contributed by atoms with E-state index >= 15 is 0 Å². The molecule has 9 heterocycles. The first-order chi connectivity index (χ1) is 50.5. The number of aromatic carboxylic acids is 1. The maximum absolute atomic E-state index is 13.6. The van der Waals surface area contributed by atoms with Crippen molar-refractivity contribution in [2.24, 2.45) is 0 Å². The maximum Gasteiger partial charge on any atom is 1.00 e. The minimum Gasteiger partial charge on any atom is -0.870 e. The second-order valence-corrected chi connectivity index (χ2v) is 24.8. The van der Waals surface area contributed by atoms with Crippen LogP contribution in [-0.2, 0) is 9.47 Å². The van der Waals surface area contributed by atoms with Crippen molar-refractivity contribution in [2.45, 2.75) is 38.9 Å². The van der Waals surface area contributed by atoms with Crippen molar-refractivity contribution in [1.29, 1.82) is 0 Å². The summed E-state index contributed by atoms with van der Waals surface area (Å²) >= 11 is 6.16. The van der Waals surface area contributed by atoms with E-state index in [-0.39, 0.29) is 75.3 Å². The summed E-state index contributed by atoms with van der Waals surface area (Å²) in [5.74, 6) is 1.47. The molecule has 0 bridgehead atoms. The number of aliphatic hydroxyl groups is 1. The van der Waals surface area contributed by atoms with Crippen molar-refractivity contribution in [3.8, 4) is 33.8 Å². The molecule has 3 atom stereocenters. The van der Waals surface area contributed by atoms with E-state index in [1.165, 1.54) is 62.8 Å². The Bertz CT molecular complexity index is 4950. The zero-order chi connectivity index (χ0) is 73.4. The molecule has 0 aliphatic carbocycles. The van der Waals surface area contributed by atoms with Gasteiger partial charge in [-0.25, -0.2) is 72.4 Å². The van der Waals surface area contributed by atoms with Crippen molar-refractivity contribution in [1.82, 2.24) is 50.2 Å². The van der Waals surface area contributed by atoms with Crippen molar-refractivity contribution in [3.05, 3.63) is 240 Å². The second-order valence-electron chi connectivity index (χ2n) is 24.4. The van der Waals surface area contributed by atoms with Gasteiger partial charge in [0.2, 0.25) is 0 Å². The number of carboxylic acids is 1. The molecule has 0 unspecified atom stereocenters. The molecule has 3 saturated heterocycles. The average Bonchev–Trinajstić information content (AvgIpc) is 0.747. The smallest absolute Gasteiger partial charge is 0.870 e. The molecule has 12 aromatic rings. The van der Waals surface area contributed by atoms with Crippen LogP contribution in [0.3, 0.4) is 0 Å². The number of hydrogen-bond acceptors (Lipinski definition) is 22. The molecule has 3 fully saturated rings. The summed E-state index contributed by atoms with van der Waals surface area (Å²) in [4.78, 5) is 87.7. The Morgan fingerprint density at radius 1 is 0.453 bits per heavy atom. The zero-order valence-electron chi connectivity index (χ0n) is 59.3. The topological polar surface area (TPSA) is 284 Å². The molecule has 0 amide bonds. The molecule has 15 rings (SSSR count). The molecule has 28 heteroatoms. The standard InChI is InChI=1S/C26H24FN5O2.C25H22FN5O2.C16H10ClFN2O2.C10H15N3.CH4O.Na.H2O/c1-17-16-31(23-5-3-4-12-28-23)13-14-32(17)25-24(18-6-9-20(27)10-7-18)29-21-11-8-19(26(33)34-2)15-22(21)30-25;1-16-15-30(22-4-2-3-11-27-22)12-13-31(16)24-23(17-5-8-19(26)9-6-17)28-20-10-7-18(25(32)33)14-21(20)29-24;1-22-16(21)10-4-7-12-13(8-10)20-15(17)14(19-12)9-2-5-11(18)6-3-9;1-9-8-13(7-6-11-9)10-4-2-3-5-12-10;1-2;;/h3-12,15,17H,13-14,16H2,1-2H3;2-11,14,16H,12-13,15H2,1H3,(H,32,33);2-8H,1H3;2-5,9,11H,6-8H2,1H3;2H,1H3;;1H2/q;;;;;+1;/p-1/t17-;16-;;9-;;;/m00.0.../s1. The van der Waals surface area contributed by atoms with E-state index in [9.17, 15) is 32.7 Å². The number of esters is 2. The summed E-state index contributed by atoms with van der Waals surface area (Å²) in [5.41, 5.74) is 8.33. The third-order valence-corrected chi connectivity index (χ3v) is 17.7. The van der Waals surface area contributed by atoms with Crippen LogP contribution >= 0.6 is 11.6 Å². The third-order valence-electron chi connectivity index (χ3n) is 17.4. The quantitative estimate of drug-likeness (QED) is 0.0802. The number of pyridine rings is 3. The van der Waals surface area contributed by atoms with Crippen LogP contribution in [0.4, 0.5) is 42.3 Å². The molecule has 0 radical (unpaired) electrons. The SMILES string of the molecule is CO.COC(=O)c1ccc2nc(-c3ccc(F)cc3)c(Cl)nc2c1.COC(=O)c1ccc2nc(-c3ccc(F)cc3)c(N3CCN(c4ccccn4)C[C@@H]3C)nc2c1.C[C@H]1CN(c2ccccn2)CCN1.C[C@H]1CN(c2ccccn2)CCN1c1nc2cc(C(=O)O)ccc2nc1-c1ccc(F)cc1.[Na+].[OH-]. The first-order valence-corrected chi connectivity index (χ1v) is 33.8. The van der Waals surface area contributed by atoms with Gasteiger partial charge in [0, 0.05) is 119 Å². The Balaban J connectivity index is 0.000000169. The largest absolute Gasteiger partial charge is 1.00 e. The molecular weight excluding hydrogens is 1390 g/mol. The fraction of sp³-hybridized carbons (Fsp3) is 0.231. The number of anilines is 5. The number of ether oxygens (including phenoxy) is 2. The summed E-state index contributed by atoms with van der Waals surface area (Å²) in [7, 11) is 3.66. The third kappa shape index (κ3) is 19.4. The maximum atomic E-state index is 13.6. The van der Waals surface area contributed by atoms with E-state index in [0.29, 0.717) is 97.6 Å². The molecule has 0 saturated carbocycles. The Morgan fingerprint density at radius 3 is 1.17 bits per heavy atom. The Labute approximate surface area is 637 Å². The number of rotatable bonds is 11. The number of aliphatic hydroxyl groups excluding tert-OH is 1. The number of carbonyl (C=O) groups excluding carboxylic acids is 2. The van der Waals surface area contributed by atoms with Crippen molar-refractivity contribution < 1.29 is 82.3 Å². The molecule has 6 aromatic heterocycles. The van der Waals surface area contributed by atoms with Crippen molar-refractivity contribution in [3.63, 3.8) is 0 Å². The van der Waals surface area contributed by atoms with Crippen LogP contribution in [0, 0.1) is 17.5 Å². The number of hydrogen-bond donors (Lipinski definition) is 3. The fourth-order valence-corrected chi connectivity index (χ4v) is 12.5. The number of methoxy groups -OCH3 is 2. The van der Waals surface area contributed by atoms with E-state index in [0.717, 1.165) is 81.5 Å². The van der Waals surface area contributed by atoms with Gasteiger partial charge in [-0.15, -0.1) is 0 Å². The van der Waals surface area contributed by atoms with E-state index in [1.807, 2.05) is 54.7 Å². The number of nitrogens with zero attached hydrogens (tertiary/aromatic N) is 14. The van der Waals surface area contributed by atoms with E-state index in [4.69, 9.17) is 41.4 Å². The molecule has 6 aromatic carbocycles. The summed E-state index contributed by atoms with van der Waals surface area (Å²) in [6.45, 7) is 14.0. The summed E-state index contributed by atoms with van der Waals surface area (Å²) in [6, 6.07) is 51.6. The normalized spacial score (nSPS) is 15.3. The number of carbonyl (C=O) groups is 3. The van der Waals surface area contributed by atoms with Crippen LogP contribution in [0.2, 0.25) is 5.15 Å². The molecule has 540 valence electrons. The zero-order valence-corrected chi connectivity index (χ0v) is 62.1. The van der Waals surface area contributed by atoms with Gasteiger partial charge in [-0.2, -0.15) is 0 Å². The van der Waals surface area contributed by atoms with Crippen LogP contribution < -0.4 is 59.4 Å². The van der Waals surface area contributed by atoms with Crippen LogP contribution in [0.15, 0.2) is 201 Å². The van der Waals surface area contributed by atoms with E-state index < -0.39 is 17.9 Å². The number of aromatic nitrogens is 9. The molecule has 23 nitrogen and oxygen atoms in total. The minimum atomic E-state index is -1.01. The molecular formula is C78H76ClF3N15NaO8. The van der Waals surface area contributed by atoms with Crippen LogP contribution in [-0.4, -0.2) is 177 Å². The van der Waals surface area contributed by atoms with Gasteiger partial charge >= 0.3 is 47.5 Å². The van der Waals surface area contributed by atoms with Crippen LogP contribution in [0.5, 0.6) is 0 Å². The fourth-order valence-electron chi connectivity index (χ4n) is 12.3. The Hall–Kier alpha value is -10.8. The van der Waals surface area contributed by atoms with E-state index in [2.05, 4.69) is 86.3 Å². The van der Waals surface area contributed by atoms with Gasteiger partial charge in [0.15, 0.2) is 16.8 Å². The Kier molecular flexibility index (Phi) is 27.8. The van der Waals surface area contributed by atoms with Crippen LogP contribution in [0.1, 0.15) is 51.8 Å². The van der Waals surface area contributed by atoms with Gasteiger partial charge in [-0.05, 0) is 185 Å². The second kappa shape index (κ2) is 37.2. The van der Waals surface area contributed by atoms with Gasteiger partial charge in [0.05, 0.1) is 64.0 Å². The minimum absolute atomic E-state index is 0. The first kappa shape index (κ1) is 79.3. The number of benzene rings is 6. The average molecular weight is 1470 g/mol. The van der Waals surface area contributed by atoms with Gasteiger partial charge < -0.3 is 55.0 Å². The Morgan fingerprint density at radius 2 is 0.811 bits per heavy atom. The molecule has 106 heavy (non-hydrogen) atoms. The number of halogens is 4. The van der Waals surface area contributed by atoms with Crippen molar-refractivity contribution >= 4 is 91.7 Å².